The number of aromatic nitrogens is 1. The molecule has 2 N–H and O–H groups in total. The van der Waals surface area contributed by atoms with Crippen LogP contribution in [0.1, 0.15) is 5.69 Å². The Morgan fingerprint density at radius 1 is 1.78 bits per heavy atom. The molecule has 0 unspecified atom stereocenters. The molecule has 0 aliphatic carbocycles. The predicted octanol–water partition coefficient (Wildman–Crippen LogP) is 0.380. The van der Waals surface area contributed by atoms with Gasteiger partial charge in [0.2, 0.25) is 0 Å². The van der Waals surface area contributed by atoms with Gasteiger partial charge in [-0.1, -0.05) is 5.16 Å². The molecular weight excluding hydrogens is 116 g/mol. The summed E-state index contributed by atoms with van der Waals surface area (Å²) in [6, 6.07) is 1.83. The quantitative estimate of drug-likeness (QED) is 0.635. The largest absolute Gasteiger partial charge is 0.365 e. The fourth-order valence-corrected chi connectivity index (χ4v) is 0.574. The molecule has 1 radical (unpaired) electrons. The Bertz CT molecular complexity index is 148. The zero-order valence-electron chi connectivity index (χ0n) is 5.08. The average molecular weight is 125 g/mol. The normalized spacial score (nSPS) is 9.89. The molecule has 0 bridgehead atoms. The van der Waals surface area contributed by atoms with E-state index in [0.29, 0.717) is 6.54 Å². The van der Waals surface area contributed by atoms with Crippen molar-refractivity contribution in [2.75, 3.05) is 6.54 Å². The predicted molar refractivity (Wildman–Crippen MR) is 33.6 cm³/mol. The van der Waals surface area contributed by atoms with E-state index in [-0.39, 0.29) is 0 Å². The van der Waals surface area contributed by atoms with E-state index in [9.17, 15) is 0 Å². The lowest BCUT2D eigenvalue weighted by Crippen LogP contribution is -2.01. The van der Waals surface area contributed by atoms with Crippen LogP contribution in [0, 0.1) is 6.42 Å². The van der Waals surface area contributed by atoms with Crippen molar-refractivity contribution in [1.82, 2.24) is 5.16 Å². The van der Waals surface area contributed by atoms with Crippen molar-refractivity contribution in [3.63, 3.8) is 0 Å². The van der Waals surface area contributed by atoms with Crippen LogP contribution in [0.5, 0.6) is 0 Å². The summed E-state index contributed by atoms with van der Waals surface area (Å²) >= 11 is 0. The second-order valence-corrected chi connectivity index (χ2v) is 1.72. The summed E-state index contributed by atoms with van der Waals surface area (Å²) < 4.78 is 4.60. The van der Waals surface area contributed by atoms with E-state index in [1.54, 1.807) is 6.26 Å². The van der Waals surface area contributed by atoms with E-state index in [1.807, 2.05) is 12.5 Å². The summed E-state index contributed by atoms with van der Waals surface area (Å²) in [4.78, 5) is 0. The lowest BCUT2D eigenvalue weighted by Gasteiger charge is -1.87. The van der Waals surface area contributed by atoms with Crippen LogP contribution in [0.2, 0.25) is 0 Å². The van der Waals surface area contributed by atoms with Crippen LogP contribution in [-0.4, -0.2) is 11.7 Å². The van der Waals surface area contributed by atoms with Crippen LogP contribution in [-0.2, 0) is 6.42 Å². The van der Waals surface area contributed by atoms with Gasteiger partial charge in [0.1, 0.15) is 6.26 Å². The maximum atomic E-state index is 5.23. The van der Waals surface area contributed by atoms with Crippen LogP contribution in [0.4, 0.5) is 0 Å². The van der Waals surface area contributed by atoms with Crippen molar-refractivity contribution in [3.05, 3.63) is 24.4 Å². The molecule has 0 aromatic carbocycles. The summed E-state index contributed by atoms with van der Waals surface area (Å²) in [6.07, 6.45) is 4.30. The van der Waals surface area contributed by atoms with Gasteiger partial charge >= 0.3 is 0 Å². The molecule has 0 aliphatic heterocycles. The number of hydrogen-bond acceptors (Lipinski definition) is 3. The number of nitrogens with zero attached hydrogens (tertiary/aromatic N) is 1. The fraction of sp³-hybridized carbons (Fsp3) is 0.333. The number of nitrogens with two attached hydrogens (primary N) is 1. The minimum atomic E-state index is 0.590. The highest BCUT2D eigenvalue weighted by Gasteiger charge is 1.92. The summed E-state index contributed by atoms with van der Waals surface area (Å²) in [5, 5.41) is 3.69. The monoisotopic (exact) mass is 125 g/mol. The Morgan fingerprint density at radius 3 is 3.22 bits per heavy atom. The minimum Gasteiger partial charge on any atom is -0.365 e. The zero-order chi connectivity index (χ0) is 6.53. The highest BCUT2D eigenvalue weighted by atomic mass is 16.5. The van der Waals surface area contributed by atoms with Gasteiger partial charge in [-0.05, 0) is 19.4 Å². The Labute approximate surface area is 53.8 Å². The summed E-state index contributed by atoms with van der Waals surface area (Å²) in [5.74, 6) is 0. The Morgan fingerprint density at radius 2 is 2.67 bits per heavy atom. The molecule has 0 amide bonds. The molecule has 0 saturated carbocycles. The summed E-state index contributed by atoms with van der Waals surface area (Å²) in [5.41, 5.74) is 6.16. The molecule has 0 aliphatic rings. The maximum absolute atomic E-state index is 5.23. The molecule has 0 spiro atoms. The molecule has 1 rings (SSSR count). The van der Waals surface area contributed by atoms with Gasteiger partial charge in [0.25, 0.3) is 0 Å². The molecule has 0 fully saturated rings. The molecule has 0 saturated heterocycles. The average Bonchev–Trinajstić information content (AvgIpc) is 2.34. The molecule has 1 aromatic heterocycles. The van der Waals surface area contributed by atoms with Crippen molar-refractivity contribution in [1.29, 1.82) is 0 Å². The first-order chi connectivity index (χ1) is 4.43. The molecule has 9 heavy (non-hydrogen) atoms. The molecular formula is C6H9N2O. The number of rotatable bonds is 3. The highest BCUT2D eigenvalue weighted by molar-refractivity contribution is 4.98. The van der Waals surface area contributed by atoms with Crippen molar-refractivity contribution < 1.29 is 4.52 Å². The van der Waals surface area contributed by atoms with Crippen LogP contribution in [0.15, 0.2) is 16.9 Å². The van der Waals surface area contributed by atoms with Gasteiger partial charge in [0.15, 0.2) is 0 Å². The van der Waals surface area contributed by atoms with Gasteiger partial charge in [-0.25, -0.2) is 0 Å². The Hall–Kier alpha value is -0.830. The first-order valence-corrected chi connectivity index (χ1v) is 2.84. The van der Waals surface area contributed by atoms with Crippen LogP contribution >= 0.6 is 0 Å². The molecule has 1 aromatic rings. The third-order valence-corrected chi connectivity index (χ3v) is 1.01. The zero-order valence-corrected chi connectivity index (χ0v) is 5.08. The summed E-state index contributed by atoms with van der Waals surface area (Å²) in [6.45, 7) is 0.590. The van der Waals surface area contributed by atoms with Crippen LogP contribution < -0.4 is 5.73 Å². The lowest BCUT2D eigenvalue weighted by atomic mass is 10.2. The number of hydrogen-bond donors (Lipinski definition) is 1. The Balaban J connectivity index is 2.30. The van der Waals surface area contributed by atoms with E-state index >= 15 is 0 Å². The van der Waals surface area contributed by atoms with E-state index in [0.717, 1.165) is 12.1 Å². The first-order valence-electron chi connectivity index (χ1n) is 2.84. The molecule has 3 nitrogen and oxygen atoms in total. The third kappa shape index (κ3) is 1.85. The van der Waals surface area contributed by atoms with E-state index in [2.05, 4.69) is 9.68 Å². The van der Waals surface area contributed by atoms with E-state index in [4.69, 9.17) is 5.73 Å². The standard InChI is InChI=1S/C6H9N2O/c7-4-1-2-6-3-5-9-8-6/h1,3,5H,2,4,7H2. The SMILES string of the molecule is NC[CH]Cc1ccon1. The first kappa shape index (κ1) is 6.29. The van der Waals surface area contributed by atoms with Gasteiger partial charge in [0.05, 0.1) is 5.69 Å². The van der Waals surface area contributed by atoms with Crippen molar-refractivity contribution in [3.8, 4) is 0 Å². The van der Waals surface area contributed by atoms with Gasteiger partial charge in [-0.15, -0.1) is 0 Å². The topological polar surface area (TPSA) is 52.0 Å². The van der Waals surface area contributed by atoms with Gasteiger partial charge in [-0.3, -0.25) is 0 Å². The molecule has 1 heterocycles. The minimum absolute atomic E-state index is 0.590. The van der Waals surface area contributed by atoms with Crippen LogP contribution in [0.3, 0.4) is 0 Å². The van der Waals surface area contributed by atoms with Crippen LogP contribution in [0.25, 0.3) is 0 Å². The van der Waals surface area contributed by atoms with Crippen molar-refractivity contribution >= 4 is 0 Å². The van der Waals surface area contributed by atoms with E-state index < -0.39 is 0 Å². The second kappa shape index (κ2) is 3.25. The van der Waals surface area contributed by atoms with E-state index in [1.165, 1.54) is 0 Å². The lowest BCUT2D eigenvalue weighted by molar-refractivity contribution is 0.412. The maximum Gasteiger partial charge on any atom is 0.124 e. The van der Waals surface area contributed by atoms with Gasteiger partial charge < -0.3 is 10.3 Å². The van der Waals surface area contributed by atoms with Gasteiger partial charge in [-0.2, -0.15) is 0 Å². The highest BCUT2D eigenvalue weighted by Crippen LogP contribution is 1.96. The summed E-state index contributed by atoms with van der Waals surface area (Å²) in [7, 11) is 0. The third-order valence-electron chi connectivity index (χ3n) is 1.01. The molecule has 49 valence electrons. The van der Waals surface area contributed by atoms with Gasteiger partial charge in [0, 0.05) is 6.07 Å². The molecule has 0 atom stereocenters. The van der Waals surface area contributed by atoms with Crippen molar-refractivity contribution in [2.24, 2.45) is 5.73 Å². The fourth-order valence-electron chi connectivity index (χ4n) is 0.574. The Kier molecular flexibility index (Phi) is 2.27. The molecule has 3 heteroatoms. The smallest absolute Gasteiger partial charge is 0.124 e. The van der Waals surface area contributed by atoms with Crippen molar-refractivity contribution in [2.45, 2.75) is 6.42 Å². The second-order valence-electron chi connectivity index (χ2n) is 1.72.